The molecular weight excluding hydrogens is 404 g/mol. The van der Waals surface area contributed by atoms with Gasteiger partial charge in [0.15, 0.2) is 0 Å². The maximum Gasteiger partial charge on any atom is 0.118 e. The fourth-order valence-corrected chi connectivity index (χ4v) is 11.2. The van der Waals surface area contributed by atoms with E-state index in [2.05, 4.69) is 111 Å². The molecule has 0 aliphatic carbocycles. The maximum absolute atomic E-state index is 5.44. The van der Waals surface area contributed by atoms with Crippen molar-refractivity contribution in [2.75, 3.05) is 14.2 Å². The lowest BCUT2D eigenvalue weighted by molar-refractivity contribution is 0.414. The summed E-state index contributed by atoms with van der Waals surface area (Å²) in [5.74, 6) is 1.78. The van der Waals surface area contributed by atoms with Crippen LogP contribution in [0.4, 0.5) is 0 Å². The Bertz CT molecular complexity index is 973. The van der Waals surface area contributed by atoms with Gasteiger partial charge in [0.1, 0.15) is 11.5 Å². The van der Waals surface area contributed by atoms with Crippen LogP contribution < -0.4 is 9.47 Å². The van der Waals surface area contributed by atoms with Crippen LogP contribution in [-0.4, -0.2) is 22.3 Å². The van der Waals surface area contributed by atoms with E-state index in [1.807, 2.05) is 0 Å². The summed E-state index contributed by atoms with van der Waals surface area (Å²) >= 11 is 2.11. The molecule has 1 saturated heterocycles. The quantitative estimate of drug-likeness (QED) is 0.315. The van der Waals surface area contributed by atoms with Crippen LogP contribution in [0.3, 0.4) is 0 Å². The molecule has 3 aromatic carbocycles. The molecule has 1 aliphatic rings. The molecule has 0 bridgehead atoms. The average Bonchev–Trinajstić information content (AvgIpc) is 3.47. The predicted octanol–water partition coefficient (Wildman–Crippen LogP) is 6.78. The number of hydrogen-bond acceptors (Lipinski definition) is 3. The van der Waals surface area contributed by atoms with E-state index in [4.69, 9.17) is 9.47 Å². The lowest BCUT2D eigenvalue weighted by Crippen LogP contribution is -2.44. The van der Waals surface area contributed by atoms with Crippen molar-refractivity contribution in [1.29, 1.82) is 0 Å². The van der Waals surface area contributed by atoms with Crippen molar-refractivity contribution >= 4 is 19.8 Å². The third kappa shape index (κ3) is 3.09. The highest BCUT2D eigenvalue weighted by Crippen LogP contribution is 2.81. The first-order valence-corrected chi connectivity index (χ1v) is 14.7. The summed E-state index contributed by atoms with van der Waals surface area (Å²) in [6, 6.07) is 26.5. The molecule has 1 heterocycles. The van der Waals surface area contributed by atoms with E-state index >= 15 is 0 Å². The van der Waals surface area contributed by atoms with Gasteiger partial charge in [-0.1, -0.05) is 73.7 Å². The summed E-state index contributed by atoms with van der Waals surface area (Å²) in [6.45, 7) is 9.64. The number of ether oxygens (including phenoxy) is 2. The Kier molecular flexibility index (Phi) is 5.27. The van der Waals surface area contributed by atoms with E-state index in [1.54, 1.807) is 14.2 Å². The van der Waals surface area contributed by atoms with Gasteiger partial charge in [-0.3, -0.25) is 0 Å². The van der Waals surface area contributed by atoms with Crippen LogP contribution >= 0.6 is 11.8 Å². The largest absolute Gasteiger partial charge is 0.497 e. The number of benzene rings is 3. The zero-order valence-electron chi connectivity index (χ0n) is 18.7. The van der Waals surface area contributed by atoms with Crippen LogP contribution in [0.2, 0.25) is 19.6 Å². The molecule has 1 fully saturated rings. The van der Waals surface area contributed by atoms with Crippen molar-refractivity contribution in [3.63, 3.8) is 0 Å². The fourth-order valence-electron chi connectivity index (χ4n) is 4.71. The fraction of sp³-hybridized carbons (Fsp3) is 0.308. The Morgan fingerprint density at radius 2 is 1.03 bits per heavy atom. The van der Waals surface area contributed by atoms with Crippen LogP contribution in [0.15, 0.2) is 72.8 Å². The molecule has 4 rings (SSSR count). The normalized spacial score (nSPS) is 19.9. The Balaban J connectivity index is 1.96. The van der Waals surface area contributed by atoms with E-state index in [0.29, 0.717) is 0 Å². The van der Waals surface area contributed by atoms with Crippen LogP contribution in [-0.2, 0) is 9.12 Å². The number of thioether (sulfide) groups is 1. The molecule has 1 atom stereocenters. The smallest absolute Gasteiger partial charge is 0.118 e. The number of methoxy groups -OCH3 is 2. The zero-order valence-corrected chi connectivity index (χ0v) is 20.5. The summed E-state index contributed by atoms with van der Waals surface area (Å²) in [5, 5.41) is 0. The second-order valence-corrected chi connectivity index (χ2v) is 16.1. The van der Waals surface area contributed by atoms with Crippen molar-refractivity contribution < 1.29 is 9.47 Å². The topological polar surface area (TPSA) is 18.5 Å². The molecule has 0 radical (unpaired) electrons. The van der Waals surface area contributed by atoms with Crippen molar-refractivity contribution in [2.24, 2.45) is 0 Å². The van der Waals surface area contributed by atoms with Gasteiger partial charge < -0.3 is 9.47 Å². The third-order valence-corrected chi connectivity index (χ3v) is 13.1. The molecular formula is C26H30O2SSi. The van der Waals surface area contributed by atoms with Gasteiger partial charge in [0.2, 0.25) is 0 Å². The molecule has 30 heavy (non-hydrogen) atoms. The van der Waals surface area contributed by atoms with E-state index in [1.165, 1.54) is 22.3 Å². The van der Waals surface area contributed by atoms with E-state index in [-0.39, 0.29) is 9.12 Å². The molecule has 2 nitrogen and oxygen atoms in total. The van der Waals surface area contributed by atoms with Gasteiger partial charge in [0.25, 0.3) is 0 Å². The van der Waals surface area contributed by atoms with Crippen LogP contribution in [0.25, 0.3) is 0 Å². The summed E-state index contributed by atoms with van der Waals surface area (Å²) < 4.78 is 10.8. The lowest BCUT2D eigenvalue weighted by Gasteiger charge is -2.34. The average molecular weight is 435 g/mol. The lowest BCUT2D eigenvalue weighted by atomic mass is 9.85. The summed E-state index contributed by atoms with van der Waals surface area (Å²) in [6.07, 6.45) is 0. The second kappa shape index (κ2) is 7.51. The minimum atomic E-state index is -1.68. The van der Waals surface area contributed by atoms with Crippen LogP contribution in [0.5, 0.6) is 11.5 Å². The van der Waals surface area contributed by atoms with Gasteiger partial charge >= 0.3 is 0 Å². The van der Waals surface area contributed by atoms with E-state index in [9.17, 15) is 0 Å². The monoisotopic (exact) mass is 434 g/mol. The van der Waals surface area contributed by atoms with Crippen LogP contribution in [0, 0.1) is 6.92 Å². The Morgan fingerprint density at radius 3 is 1.40 bits per heavy atom. The maximum atomic E-state index is 5.44. The highest BCUT2D eigenvalue weighted by molar-refractivity contribution is 8.11. The Morgan fingerprint density at radius 1 is 0.633 bits per heavy atom. The SMILES string of the molecule is COc1ccc(C2(c3ccc(OC)cc3)SC2(c2ccc(C)cc2)[Si](C)(C)C)cc1. The van der Waals surface area contributed by atoms with Crippen molar-refractivity contribution in [3.05, 3.63) is 95.1 Å². The Hall–Kier alpha value is -2.17. The number of aryl methyl sites for hydroxylation is 1. The standard InChI is InChI=1S/C26H30O2SSi/c1-19-7-9-22(10-8-19)26(30(4,5)6)25(29-26,20-11-15-23(27-2)16-12-20)21-13-17-24(28-3)18-14-21/h7-18H,1-6H3. The van der Waals surface area contributed by atoms with E-state index < -0.39 is 8.07 Å². The summed E-state index contributed by atoms with van der Waals surface area (Å²) in [5.41, 5.74) is 5.40. The molecule has 0 aromatic heterocycles. The molecule has 1 unspecified atom stereocenters. The van der Waals surface area contributed by atoms with Crippen molar-refractivity contribution in [1.82, 2.24) is 0 Å². The highest BCUT2D eigenvalue weighted by Gasteiger charge is 2.75. The molecule has 3 aromatic rings. The first-order chi connectivity index (χ1) is 14.3. The zero-order chi connectivity index (χ0) is 21.6. The molecule has 156 valence electrons. The van der Waals surface area contributed by atoms with Crippen molar-refractivity contribution in [3.8, 4) is 11.5 Å². The predicted molar refractivity (Wildman–Crippen MR) is 131 cm³/mol. The van der Waals surface area contributed by atoms with Gasteiger partial charge in [0, 0.05) is 0 Å². The van der Waals surface area contributed by atoms with E-state index in [0.717, 1.165) is 11.5 Å². The minimum Gasteiger partial charge on any atom is -0.497 e. The van der Waals surface area contributed by atoms with Gasteiger partial charge in [-0.15, -0.1) is 11.8 Å². The van der Waals surface area contributed by atoms with Gasteiger partial charge in [-0.2, -0.15) is 0 Å². The highest BCUT2D eigenvalue weighted by atomic mass is 32.2. The third-order valence-electron chi connectivity index (χ3n) is 6.27. The summed E-state index contributed by atoms with van der Waals surface area (Å²) in [4.78, 5) is 0. The number of rotatable bonds is 6. The molecule has 1 aliphatic heterocycles. The first-order valence-electron chi connectivity index (χ1n) is 10.3. The number of hydrogen-bond donors (Lipinski definition) is 0. The second-order valence-electron chi connectivity index (χ2n) is 9.04. The minimum absolute atomic E-state index is 0.0525. The van der Waals surface area contributed by atoms with Gasteiger partial charge in [0.05, 0.1) is 31.4 Å². The molecule has 4 heteroatoms. The molecule has 0 amide bonds. The summed E-state index contributed by atoms with van der Waals surface area (Å²) in [7, 11) is 1.77. The first kappa shape index (κ1) is 21.1. The van der Waals surface area contributed by atoms with Crippen LogP contribution in [0.1, 0.15) is 22.3 Å². The van der Waals surface area contributed by atoms with Gasteiger partial charge in [-0.05, 0) is 47.9 Å². The molecule has 0 saturated carbocycles. The van der Waals surface area contributed by atoms with Gasteiger partial charge in [-0.25, -0.2) is 0 Å². The molecule has 0 N–H and O–H groups in total. The Labute approximate surface area is 185 Å². The molecule has 0 spiro atoms. The van der Waals surface area contributed by atoms with Crippen molar-refractivity contribution in [2.45, 2.75) is 35.7 Å².